The molecule has 0 aromatic carbocycles. The Morgan fingerprint density at radius 3 is 2.86 bits per heavy atom. The maximum atomic E-state index is 11.7. The zero-order valence-electron chi connectivity index (χ0n) is 14.8. The first-order valence-corrected chi connectivity index (χ1v) is 9.02. The number of fused-ring (bicyclic) bond motifs is 1. The van der Waals surface area contributed by atoms with Crippen molar-refractivity contribution in [3.63, 3.8) is 0 Å². The Balaban J connectivity index is 1.90. The number of carbonyl (C=O) groups excluding carboxylic acids is 1. The third-order valence-corrected chi connectivity index (χ3v) is 5.55. The van der Waals surface area contributed by atoms with Crippen LogP contribution in [-0.4, -0.2) is 40.5 Å². The molecule has 1 N–H and O–H groups in total. The summed E-state index contributed by atoms with van der Waals surface area (Å²) in [5.74, 6) is 1.04. The van der Waals surface area contributed by atoms with Crippen LogP contribution in [0.4, 0.5) is 0 Å². The minimum absolute atomic E-state index is 0.184. The highest BCUT2D eigenvalue weighted by Crippen LogP contribution is 2.37. The molecule has 2 fully saturated rings. The van der Waals surface area contributed by atoms with Crippen molar-refractivity contribution in [3.8, 4) is 0 Å². The quantitative estimate of drug-likeness (QED) is 0.763. The molecular weight excluding hydrogens is 274 g/mol. The average molecular weight is 307 g/mol. The summed E-state index contributed by atoms with van der Waals surface area (Å²) in [4.78, 5) is 14.1. The SMILES string of the molecule is CCC(=O)C(C)CCC(C)C=C1CN2CCCC2C(C)(O)C1. The monoisotopic (exact) mass is 307 g/mol. The Morgan fingerprint density at radius 1 is 1.45 bits per heavy atom. The van der Waals surface area contributed by atoms with E-state index >= 15 is 0 Å². The Bertz CT molecular complexity index is 427. The first-order valence-electron chi connectivity index (χ1n) is 9.02. The van der Waals surface area contributed by atoms with E-state index in [2.05, 4.69) is 17.9 Å². The molecule has 2 aliphatic rings. The second-order valence-electron chi connectivity index (χ2n) is 7.76. The molecule has 0 bridgehead atoms. The summed E-state index contributed by atoms with van der Waals surface area (Å²) >= 11 is 0. The van der Waals surface area contributed by atoms with E-state index < -0.39 is 5.60 Å². The van der Waals surface area contributed by atoms with Crippen LogP contribution in [0, 0.1) is 11.8 Å². The first-order chi connectivity index (χ1) is 10.3. The Morgan fingerprint density at radius 2 is 2.18 bits per heavy atom. The largest absolute Gasteiger partial charge is 0.388 e. The molecule has 0 aromatic heterocycles. The standard InChI is InChI=1S/C19H33NO2/c1-5-17(21)15(3)9-8-14(2)11-16-12-19(4,22)18-7-6-10-20(18)13-16/h11,14-15,18,22H,5-10,12-13H2,1-4H3. The molecule has 0 saturated carbocycles. The summed E-state index contributed by atoms with van der Waals surface area (Å²) < 4.78 is 0. The van der Waals surface area contributed by atoms with Gasteiger partial charge in [-0.2, -0.15) is 0 Å². The molecule has 0 amide bonds. The summed E-state index contributed by atoms with van der Waals surface area (Å²) in [6.07, 6.45) is 8.18. The van der Waals surface area contributed by atoms with Crippen molar-refractivity contribution in [1.82, 2.24) is 4.90 Å². The van der Waals surface area contributed by atoms with Crippen LogP contribution in [0.15, 0.2) is 11.6 Å². The second kappa shape index (κ2) is 7.27. The zero-order chi connectivity index (χ0) is 16.3. The lowest BCUT2D eigenvalue weighted by molar-refractivity contribution is -0.122. The molecule has 0 aromatic rings. The Hall–Kier alpha value is -0.670. The normalized spacial score (nSPS) is 33.7. The third kappa shape index (κ3) is 4.20. The van der Waals surface area contributed by atoms with E-state index in [1.807, 2.05) is 20.8 Å². The van der Waals surface area contributed by atoms with Crippen LogP contribution in [0.25, 0.3) is 0 Å². The number of piperidine rings is 1. The van der Waals surface area contributed by atoms with Gasteiger partial charge in [0.15, 0.2) is 0 Å². The summed E-state index contributed by atoms with van der Waals surface area (Å²) in [7, 11) is 0. The van der Waals surface area contributed by atoms with Gasteiger partial charge in [-0.25, -0.2) is 0 Å². The first kappa shape index (κ1) is 17.7. The molecule has 2 aliphatic heterocycles. The predicted octanol–water partition coefficient (Wildman–Crippen LogP) is 3.56. The fourth-order valence-electron chi connectivity index (χ4n) is 4.23. The van der Waals surface area contributed by atoms with Crippen LogP contribution in [0.2, 0.25) is 0 Å². The van der Waals surface area contributed by atoms with Crippen LogP contribution in [0.3, 0.4) is 0 Å². The van der Waals surface area contributed by atoms with Gasteiger partial charge in [0.05, 0.1) is 5.60 Å². The Labute approximate surface area is 135 Å². The molecule has 4 unspecified atom stereocenters. The average Bonchev–Trinajstić information content (AvgIpc) is 2.92. The van der Waals surface area contributed by atoms with Crippen molar-refractivity contribution in [1.29, 1.82) is 0 Å². The minimum Gasteiger partial charge on any atom is -0.388 e. The predicted molar refractivity (Wildman–Crippen MR) is 90.8 cm³/mol. The molecule has 0 radical (unpaired) electrons. The van der Waals surface area contributed by atoms with E-state index in [0.29, 0.717) is 24.2 Å². The van der Waals surface area contributed by atoms with Gasteiger partial charge in [0.2, 0.25) is 0 Å². The maximum Gasteiger partial charge on any atom is 0.135 e. The Kier molecular flexibility index (Phi) is 5.84. The van der Waals surface area contributed by atoms with Crippen molar-refractivity contribution in [2.24, 2.45) is 11.8 Å². The van der Waals surface area contributed by atoms with Crippen molar-refractivity contribution >= 4 is 5.78 Å². The molecule has 2 rings (SSSR count). The van der Waals surface area contributed by atoms with E-state index in [0.717, 1.165) is 38.8 Å². The van der Waals surface area contributed by atoms with Crippen LogP contribution in [0.1, 0.15) is 66.2 Å². The van der Waals surface area contributed by atoms with Gasteiger partial charge >= 0.3 is 0 Å². The molecule has 2 heterocycles. The van der Waals surface area contributed by atoms with Crippen molar-refractivity contribution < 1.29 is 9.90 Å². The van der Waals surface area contributed by atoms with E-state index in [1.54, 1.807) is 0 Å². The molecule has 4 atom stereocenters. The number of nitrogens with zero attached hydrogens (tertiary/aromatic N) is 1. The highest BCUT2D eigenvalue weighted by molar-refractivity contribution is 5.80. The van der Waals surface area contributed by atoms with Gasteiger partial charge in [0, 0.05) is 24.9 Å². The number of Topliss-reactive ketones (excluding diaryl/α,β-unsaturated/α-hetero) is 1. The van der Waals surface area contributed by atoms with E-state index in [9.17, 15) is 9.90 Å². The van der Waals surface area contributed by atoms with Gasteiger partial charge in [0.1, 0.15) is 5.78 Å². The maximum absolute atomic E-state index is 11.7. The van der Waals surface area contributed by atoms with E-state index in [1.165, 1.54) is 12.0 Å². The number of carbonyl (C=O) groups is 1. The summed E-state index contributed by atoms with van der Waals surface area (Å²) in [5, 5.41) is 10.7. The molecule has 3 nitrogen and oxygen atoms in total. The summed E-state index contributed by atoms with van der Waals surface area (Å²) in [6, 6.07) is 0.349. The lowest BCUT2D eigenvalue weighted by atomic mass is 9.82. The zero-order valence-corrected chi connectivity index (χ0v) is 14.8. The third-order valence-electron chi connectivity index (χ3n) is 5.55. The van der Waals surface area contributed by atoms with E-state index in [4.69, 9.17) is 0 Å². The molecule has 22 heavy (non-hydrogen) atoms. The van der Waals surface area contributed by atoms with Gasteiger partial charge in [0.25, 0.3) is 0 Å². The van der Waals surface area contributed by atoms with E-state index in [-0.39, 0.29) is 5.92 Å². The number of ketones is 1. The van der Waals surface area contributed by atoms with Crippen molar-refractivity contribution in [3.05, 3.63) is 11.6 Å². The summed E-state index contributed by atoms with van der Waals surface area (Å²) in [6.45, 7) is 10.4. The van der Waals surface area contributed by atoms with Crippen LogP contribution in [0.5, 0.6) is 0 Å². The van der Waals surface area contributed by atoms with Gasteiger partial charge in [-0.1, -0.05) is 32.4 Å². The topological polar surface area (TPSA) is 40.5 Å². The lowest BCUT2D eigenvalue weighted by Crippen LogP contribution is -2.52. The highest BCUT2D eigenvalue weighted by atomic mass is 16.3. The summed E-state index contributed by atoms with van der Waals surface area (Å²) in [5.41, 5.74) is 0.802. The molecule has 2 saturated heterocycles. The van der Waals surface area contributed by atoms with Gasteiger partial charge in [-0.15, -0.1) is 0 Å². The fourth-order valence-corrected chi connectivity index (χ4v) is 4.23. The number of hydrogen-bond donors (Lipinski definition) is 1. The van der Waals surface area contributed by atoms with Crippen LogP contribution >= 0.6 is 0 Å². The molecule has 0 spiro atoms. The molecule has 0 aliphatic carbocycles. The smallest absolute Gasteiger partial charge is 0.135 e. The fraction of sp³-hybridized carbons (Fsp3) is 0.842. The number of hydrogen-bond acceptors (Lipinski definition) is 3. The minimum atomic E-state index is -0.578. The van der Waals surface area contributed by atoms with Crippen LogP contribution in [-0.2, 0) is 4.79 Å². The highest BCUT2D eigenvalue weighted by Gasteiger charge is 2.43. The lowest BCUT2D eigenvalue weighted by Gasteiger charge is -2.43. The van der Waals surface area contributed by atoms with Gasteiger partial charge in [-0.3, -0.25) is 9.69 Å². The molecule has 3 heteroatoms. The number of aliphatic hydroxyl groups is 1. The van der Waals surface area contributed by atoms with Crippen LogP contribution < -0.4 is 0 Å². The van der Waals surface area contributed by atoms with Gasteiger partial charge < -0.3 is 5.11 Å². The number of rotatable bonds is 6. The van der Waals surface area contributed by atoms with Crippen molar-refractivity contribution in [2.45, 2.75) is 77.9 Å². The second-order valence-corrected chi connectivity index (χ2v) is 7.76. The molecular formula is C19H33NO2. The van der Waals surface area contributed by atoms with Crippen molar-refractivity contribution in [2.75, 3.05) is 13.1 Å². The molecule has 126 valence electrons. The number of allylic oxidation sites excluding steroid dienone is 1. The van der Waals surface area contributed by atoms with Gasteiger partial charge in [-0.05, 0) is 51.5 Å².